The zero-order chi connectivity index (χ0) is 15.1. The Labute approximate surface area is 160 Å². The Kier molecular flexibility index (Phi) is 8.94. The molecule has 22 heavy (non-hydrogen) atoms. The topological polar surface area (TPSA) is 36.4 Å². The second-order valence-electron chi connectivity index (χ2n) is 5.49. The SMILES string of the molecule is CN=C(NCCCSC)NCC1(c2cccc(Cl)c2)CC1.I. The van der Waals surface area contributed by atoms with Gasteiger partial charge in [-0.2, -0.15) is 11.8 Å². The fourth-order valence-corrected chi connectivity index (χ4v) is 3.06. The Morgan fingerprint density at radius 1 is 1.36 bits per heavy atom. The number of rotatable bonds is 7. The molecule has 0 bridgehead atoms. The third-order valence-corrected chi connectivity index (χ3v) is 4.86. The number of nitrogens with one attached hydrogen (secondary N) is 2. The molecule has 2 N–H and O–H groups in total. The van der Waals surface area contributed by atoms with Crippen LogP contribution in [0, 0.1) is 0 Å². The van der Waals surface area contributed by atoms with E-state index in [4.69, 9.17) is 11.6 Å². The highest BCUT2D eigenvalue weighted by molar-refractivity contribution is 14.0. The number of aliphatic imine (C=N–C) groups is 1. The molecule has 0 heterocycles. The number of hydrogen-bond donors (Lipinski definition) is 2. The first-order valence-corrected chi connectivity index (χ1v) is 9.17. The highest BCUT2D eigenvalue weighted by atomic mass is 127. The Morgan fingerprint density at radius 3 is 2.73 bits per heavy atom. The smallest absolute Gasteiger partial charge is 0.191 e. The number of nitrogens with zero attached hydrogens (tertiary/aromatic N) is 1. The molecule has 1 aliphatic rings. The summed E-state index contributed by atoms with van der Waals surface area (Å²) in [5.41, 5.74) is 1.57. The molecule has 0 saturated heterocycles. The van der Waals surface area contributed by atoms with Crippen molar-refractivity contribution in [2.24, 2.45) is 4.99 Å². The van der Waals surface area contributed by atoms with Crippen LogP contribution in [0.4, 0.5) is 0 Å². The molecule has 3 nitrogen and oxygen atoms in total. The van der Waals surface area contributed by atoms with Gasteiger partial charge in [-0.1, -0.05) is 23.7 Å². The van der Waals surface area contributed by atoms with E-state index in [0.29, 0.717) is 0 Å². The summed E-state index contributed by atoms with van der Waals surface area (Å²) in [5.74, 6) is 2.07. The summed E-state index contributed by atoms with van der Waals surface area (Å²) in [5, 5.41) is 7.64. The maximum Gasteiger partial charge on any atom is 0.191 e. The van der Waals surface area contributed by atoms with Crippen molar-refractivity contribution < 1.29 is 0 Å². The van der Waals surface area contributed by atoms with Crippen LogP contribution in [-0.2, 0) is 5.41 Å². The molecular weight excluding hydrogens is 429 g/mol. The first-order valence-electron chi connectivity index (χ1n) is 7.40. The van der Waals surface area contributed by atoms with Crippen molar-refractivity contribution in [1.82, 2.24) is 10.6 Å². The fraction of sp³-hybridized carbons (Fsp3) is 0.562. The van der Waals surface area contributed by atoms with Gasteiger partial charge in [0.05, 0.1) is 0 Å². The van der Waals surface area contributed by atoms with Gasteiger partial charge < -0.3 is 10.6 Å². The fourth-order valence-electron chi connectivity index (χ4n) is 2.43. The van der Waals surface area contributed by atoms with Crippen LogP contribution in [0.1, 0.15) is 24.8 Å². The largest absolute Gasteiger partial charge is 0.356 e. The molecule has 0 amide bonds. The standard InChI is InChI=1S/C16H24ClN3S.HI/c1-18-15(19-9-4-10-21-2)20-12-16(7-8-16)13-5-3-6-14(17)11-13;/h3,5-6,11H,4,7-10,12H2,1-2H3,(H2,18,19,20);1H. The molecule has 124 valence electrons. The second-order valence-corrected chi connectivity index (χ2v) is 6.91. The number of hydrogen-bond acceptors (Lipinski definition) is 2. The molecule has 1 aromatic carbocycles. The van der Waals surface area contributed by atoms with Gasteiger partial charge in [-0.3, -0.25) is 4.99 Å². The molecular formula is C16H25ClIN3S. The Hall–Kier alpha value is -0.140. The minimum Gasteiger partial charge on any atom is -0.356 e. The summed E-state index contributed by atoms with van der Waals surface area (Å²) in [4.78, 5) is 4.29. The molecule has 6 heteroatoms. The van der Waals surface area contributed by atoms with Gasteiger partial charge in [0.1, 0.15) is 0 Å². The summed E-state index contributed by atoms with van der Waals surface area (Å²) < 4.78 is 0. The Balaban J connectivity index is 0.00000242. The highest BCUT2D eigenvalue weighted by Crippen LogP contribution is 2.48. The van der Waals surface area contributed by atoms with Crippen molar-refractivity contribution in [2.45, 2.75) is 24.7 Å². The molecule has 0 aromatic heterocycles. The Morgan fingerprint density at radius 2 is 2.14 bits per heavy atom. The summed E-state index contributed by atoms with van der Waals surface area (Å²) in [6, 6.07) is 8.23. The van der Waals surface area contributed by atoms with Gasteiger partial charge >= 0.3 is 0 Å². The third-order valence-electron chi connectivity index (χ3n) is 3.93. The zero-order valence-electron chi connectivity index (χ0n) is 13.2. The molecule has 0 spiro atoms. The van der Waals surface area contributed by atoms with Crippen molar-refractivity contribution >= 4 is 53.3 Å². The van der Waals surface area contributed by atoms with Crippen molar-refractivity contribution in [1.29, 1.82) is 0 Å². The van der Waals surface area contributed by atoms with Crippen LogP contribution < -0.4 is 10.6 Å². The monoisotopic (exact) mass is 453 g/mol. The first-order chi connectivity index (χ1) is 10.2. The lowest BCUT2D eigenvalue weighted by atomic mass is 9.96. The molecule has 0 atom stereocenters. The molecule has 1 aromatic rings. The predicted molar refractivity (Wildman–Crippen MR) is 110 cm³/mol. The summed E-state index contributed by atoms with van der Waals surface area (Å²) in [6.45, 7) is 1.88. The van der Waals surface area contributed by atoms with Crippen molar-refractivity contribution in [2.75, 3.05) is 32.1 Å². The van der Waals surface area contributed by atoms with Gasteiger partial charge in [0, 0.05) is 30.6 Å². The van der Waals surface area contributed by atoms with E-state index < -0.39 is 0 Å². The molecule has 1 fully saturated rings. The summed E-state index contributed by atoms with van der Waals surface area (Å²) >= 11 is 7.98. The lowest BCUT2D eigenvalue weighted by molar-refractivity contribution is 0.645. The van der Waals surface area contributed by atoms with E-state index in [1.54, 1.807) is 0 Å². The van der Waals surface area contributed by atoms with Crippen LogP contribution in [0.2, 0.25) is 5.02 Å². The van der Waals surface area contributed by atoms with Gasteiger partial charge in [0.25, 0.3) is 0 Å². The number of halogens is 2. The van der Waals surface area contributed by atoms with E-state index in [0.717, 1.165) is 30.5 Å². The minimum atomic E-state index is 0. The lowest BCUT2D eigenvalue weighted by Gasteiger charge is -2.19. The van der Waals surface area contributed by atoms with Crippen LogP contribution >= 0.6 is 47.3 Å². The van der Waals surface area contributed by atoms with E-state index in [9.17, 15) is 0 Å². The lowest BCUT2D eigenvalue weighted by Crippen LogP contribution is -2.41. The van der Waals surface area contributed by atoms with Crippen molar-refractivity contribution in [3.8, 4) is 0 Å². The second kappa shape index (κ2) is 9.88. The molecule has 0 radical (unpaired) electrons. The summed E-state index contributed by atoms with van der Waals surface area (Å²) in [7, 11) is 1.82. The summed E-state index contributed by atoms with van der Waals surface area (Å²) in [6.07, 6.45) is 5.71. The van der Waals surface area contributed by atoms with Crippen molar-refractivity contribution in [3.63, 3.8) is 0 Å². The molecule has 0 aliphatic heterocycles. The minimum absolute atomic E-state index is 0. The van der Waals surface area contributed by atoms with Crippen LogP contribution in [0.3, 0.4) is 0 Å². The third kappa shape index (κ3) is 5.81. The molecule has 1 saturated carbocycles. The van der Waals surface area contributed by atoms with Gasteiger partial charge in [-0.05, 0) is 49.0 Å². The van der Waals surface area contributed by atoms with E-state index in [2.05, 4.69) is 34.0 Å². The van der Waals surface area contributed by atoms with Gasteiger partial charge in [-0.25, -0.2) is 0 Å². The predicted octanol–water partition coefficient (Wildman–Crippen LogP) is 3.91. The molecule has 0 unspecified atom stereocenters. The first kappa shape index (κ1) is 19.9. The number of thioether (sulfide) groups is 1. The van der Waals surface area contributed by atoms with E-state index in [1.807, 2.05) is 30.9 Å². The quantitative estimate of drug-likeness (QED) is 0.284. The van der Waals surface area contributed by atoms with Crippen LogP contribution in [0.5, 0.6) is 0 Å². The Bertz CT molecular complexity index is 492. The maximum atomic E-state index is 6.11. The number of benzene rings is 1. The average Bonchev–Trinajstić information content (AvgIpc) is 3.28. The van der Waals surface area contributed by atoms with Gasteiger partial charge in [-0.15, -0.1) is 24.0 Å². The van der Waals surface area contributed by atoms with Crippen molar-refractivity contribution in [3.05, 3.63) is 34.9 Å². The van der Waals surface area contributed by atoms with Gasteiger partial charge in [0.2, 0.25) is 0 Å². The van der Waals surface area contributed by atoms with E-state index >= 15 is 0 Å². The average molecular weight is 454 g/mol. The van der Waals surface area contributed by atoms with E-state index in [-0.39, 0.29) is 29.4 Å². The molecule has 2 rings (SSSR count). The maximum absolute atomic E-state index is 6.11. The highest BCUT2D eigenvalue weighted by Gasteiger charge is 2.44. The van der Waals surface area contributed by atoms with Crippen LogP contribution in [0.25, 0.3) is 0 Å². The molecule has 1 aliphatic carbocycles. The van der Waals surface area contributed by atoms with Crippen LogP contribution in [-0.4, -0.2) is 38.1 Å². The normalized spacial score (nSPS) is 15.9. The number of guanidine groups is 1. The van der Waals surface area contributed by atoms with E-state index in [1.165, 1.54) is 24.2 Å². The van der Waals surface area contributed by atoms with Crippen LogP contribution in [0.15, 0.2) is 29.3 Å². The zero-order valence-corrected chi connectivity index (χ0v) is 17.1. The van der Waals surface area contributed by atoms with Gasteiger partial charge in [0.15, 0.2) is 5.96 Å².